The number of aliphatic hydroxyl groups excluding tert-OH is 1. The van der Waals surface area contributed by atoms with Crippen molar-refractivity contribution < 1.29 is 58.2 Å². The Morgan fingerprint density at radius 2 is 1.83 bits per heavy atom. The number of hydrogen-bond donors (Lipinski definition) is 3. The van der Waals surface area contributed by atoms with E-state index < -0.39 is 95.1 Å². The Labute approximate surface area is 207 Å². The number of cyclic esters (lactones) is 1. The molecule has 4 saturated heterocycles. The van der Waals surface area contributed by atoms with Gasteiger partial charge in [0.25, 0.3) is 0 Å². The van der Waals surface area contributed by atoms with Gasteiger partial charge in [0.05, 0.1) is 22.9 Å². The zero-order chi connectivity index (χ0) is 26.4. The fourth-order valence-electron chi connectivity index (χ4n) is 7.97. The van der Waals surface area contributed by atoms with Gasteiger partial charge in [0, 0.05) is 0 Å². The SMILES string of the molecule is CCCC[C@@H]1CC(C)OC(=O)[C@]23O[C@H]4OC(=O)[C@@H](OCC(=O)O)C14C2(C)[C@H](O)C1OC(=O)C(C)[C@]13O. The van der Waals surface area contributed by atoms with E-state index in [1.165, 1.54) is 13.8 Å². The summed E-state index contributed by atoms with van der Waals surface area (Å²) >= 11 is 0. The van der Waals surface area contributed by atoms with Crippen LogP contribution < -0.4 is 0 Å². The summed E-state index contributed by atoms with van der Waals surface area (Å²) in [5.41, 5.74) is -8.16. The van der Waals surface area contributed by atoms with Crippen molar-refractivity contribution in [3.05, 3.63) is 0 Å². The van der Waals surface area contributed by atoms with Crippen molar-refractivity contribution in [1.82, 2.24) is 0 Å². The molecule has 11 atom stereocenters. The van der Waals surface area contributed by atoms with E-state index in [1.807, 2.05) is 6.92 Å². The molecule has 5 unspecified atom stereocenters. The quantitative estimate of drug-likeness (QED) is 0.319. The van der Waals surface area contributed by atoms with Gasteiger partial charge in [-0.1, -0.05) is 26.7 Å². The minimum absolute atomic E-state index is 0.242. The van der Waals surface area contributed by atoms with Gasteiger partial charge in [0.1, 0.15) is 12.7 Å². The lowest BCUT2D eigenvalue weighted by molar-refractivity contribution is -0.249. The van der Waals surface area contributed by atoms with Crippen LogP contribution >= 0.6 is 0 Å². The van der Waals surface area contributed by atoms with Crippen molar-refractivity contribution in [2.45, 2.75) is 95.3 Å². The van der Waals surface area contributed by atoms with Crippen LogP contribution in [0.2, 0.25) is 0 Å². The van der Waals surface area contributed by atoms with Crippen LogP contribution in [0.25, 0.3) is 0 Å². The van der Waals surface area contributed by atoms with E-state index in [4.69, 9.17) is 23.7 Å². The van der Waals surface area contributed by atoms with Crippen molar-refractivity contribution in [2.24, 2.45) is 22.7 Å². The van der Waals surface area contributed by atoms with E-state index in [0.717, 1.165) is 6.42 Å². The van der Waals surface area contributed by atoms with Gasteiger partial charge >= 0.3 is 23.9 Å². The number of rotatable bonds is 6. The molecule has 36 heavy (non-hydrogen) atoms. The molecule has 0 aromatic carbocycles. The molecule has 4 heterocycles. The Morgan fingerprint density at radius 3 is 2.47 bits per heavy atom. The second-order valence-corrected chi connectivity index (χ2v) is 10.9. The predicted molar refractivity (Wildman–Crippen MR) is 115 cm³/mol. The molecule has 0 radical (unpaired) electrons. The first-order valence-electron chi connectivity index (χ1n) is 12.4. The van der Waals surface area contributed by atoms with E-state index in [-0.39, 0.29) is 6.42 Å². The summed E-state index contributed by atoms with van der Waals surface area (Å²) in [5, 5.41) is 33.3. The maximum Gasteiger partial charge on any atom is 0.342 e. The molecule has 12 nitrogen and oxygen atoms in total. The van der Waals surface area contributed by atoms with Gasteiger partial charge in [-0.2, -0.15) is 0 Å². The molecule has 1 aliphatic carbocycles. The first-order valence-corrected chi connectivity index (χ1v) is 12.4. The zero-order valence-electron chi connectivity index (χ0n) is 20.6. The van der Waals surface area contributed by atoms with Crippen LogP contribution in [0, 0.1) is 22.7 Å². The van der Waals surface area contributed by atoms with E-state index in [1.54, 1.807) is 6.92 Å². The van der Waals surface area contributed by atoms with Crippen LogP contribution in [-0.2, 0) is 42.9 Å². The Kier molecular flexibility index (Phi) is 5.54. The lowest BCUT2D eigenvalue weighted by Crippen LogP contribution is -2.71. The molecular formula is C24H32O12. The van der Waals surface area contributed by atoms with Gasteiger partial charge in [0.2, 0.25) is 11.9 Å². The number of aliphatic carboxylic acids is 1. The van der Waals surface area contributed by atoms with E-state index >= 15 is 0 Å². The largest absolute Gasteiger partial charge is 0.480 e. The molecule has 1 saturated carbocycles. The molecule has 3 N–H and O–H groups in total. The Bertz CT molecular complexity index is 1010. The van der Waals surface area contributed by atoms with Gasteiger partial charge in [-0.15, -0.1) is 0 Å². The molecule has 4 aliphatic heterocycles. The molecule has 2 bridgehead atoms. The normalized spacial score (nSPS) is 50.9. The second-order valence-electron chi connectivity index (χ2n) is 10.9. The highest BCUT2D eigenvalue weighted by atomic mass is 16.8. The van der Waals surface area contributed by atoms with Crippen molar-refractivity contribution >= 4 is 23.9 Å². The highest BCUT2D eigenvalue weighted by Gasteiger charge is 2.97. The third-order valence-corrected chi connectivity index (χ3v) is 9.48. The first kappa shape index (κ1) is 25.4. The number of carbonyl (C=O) groups is 4. The summed E-state index contributed by atoms with van der Waals surface area (Å²) in [5.74, 6) is -5.87. The molecule has 0 amide bonds. The van der Waals surface area contributed by atoms with Gasteiger partial charge in [-0.25, -0.2) is 14.4 Å². The number of carboxylic acid groups (broad SMARTS) is 1. The van der Waals surface area contributed by atoms with Crippen LogP contribution in [0.15, 0.2) is 0 Å². The minimum atomic E-state index is -2.37. The zero-order valence-corrected chi connectivity index (χ0v) is 20.6. The number of carboxylic acids is 1. The van der Waals surface area contributed by atoms with Crippen molar-refractivity contribution in [1.29, 1.82) is 0 Å². The summed E-state index contributed by atoms with van der Waals surface area (Å²) < 4.78 is 28.7. The van der Waals surface area contributed by atoms with Crippen molar-refractivity contribution in [3.63, 3.8) is 0 Å². The third-order valence-electron chi connectivity index (χ3n) is 9.48. The molecule has 5 fully saturated rings. The number of fused-ring (bicyclic) bond motifs is 1. The summed E-state index contributed by atoms with van der Waals surface area (Å²) in [6.07, 6.45) is -4.76. The maximum absolute atomic E-state index is 13.9. The topological polar surface area (TPSA) is 175 Å². The highest BCUT2D eigenvalue weighted by molar-refractivity contribution is 5.91. The molecular weight excluding hydrogens is 480 g/mol. The van der Waals surface area contributed by atoms with Crippen LogP contribution in [-0.4, -0.2) is 87.7 Å². The van der Waals surface area contributed by atoms with E-state index in [0.29, 0.717) is 12.8 Å². The van der Waals surface area contributed by atoms with Gasteiger partial charge in [0.15, 0.2) is 17.8 Å². The molecule has 200 valence electrons. The van der Waals surface area contributed by atoms with Crippen molar-refractivity contribution in [2.75, 3.05) is 6.61 Å². The highest BCUT2D eigenvalue weighted by Crippen LogP contribution is 2.77. The van der Waals surface area contributed by atoms with Gasteiger partial charge < -0.3 is 39.0 Å². The molecule has 12 heteroatoms. The number of aliphatic hydroxyl groups is 2. The molecule has 0 aromatic heterocycles. The second kappa shape index (κ2) is 7.86. The van der Waals surface area contributed by atoms with E-state index in [9.17, 15) is 34.5 Å². The number of unbranched alkanes of at least 4 members (excludes halogenated alkanes) is 1. The average molecular weight is 513 g/mol. The van der Waals surface area contributed by atoms with Crippen LogP contribution in [0.3, 0.4) is 0 Å². The monoisotopic (exact) mass is 512 g/mol. The van der Waals surface area contributed by atoms with Crippen LogP contribution in [0.5, 0.6) is 0 Å². The predicted octanol–water partition coefficient (Wildman–Crippen LogP) is -0.0903. The fourth-order valence-corrected chi connectivity index (χ4v) is 7.97. The Morgan fingerprint density at radius 1 is 1.14 bits per heavy atom. The number of esters is 3. The van der Waals surface area contributed by atoms with Gasteiger partial charge in [-0.05, 0) is 32.6 Å². The smallest absolute Gasteiger partial charge is 0.342 e. The minimum Gasteiger partial charge on any atom is -0.480 e. The van der Waals surface area contributed by atoms with Gasteiger partial charge in [-0.3, -0.25) is 4.79 Å². The summed E-state index contributed by atoms with van der Waals surface area (Å²) in [4.78, 5) is 51.1. The summed E-state index contributed by atoms with van der Waals surface area (Å²) in [6, 6.07) is 0. The first-order chi connectivity index (χ1) is 16.8. The molecule has 5 aliphatic rings. The van der Waals surface area contributed by atoms with E-state index in [2.05, 4.69) is 0 Å². The summed E-state index contributed by atoms with van der Waals surface area (Å²) in [7, 11) is 0. The average Bonchev–Trinajstić information content (AvgIpc) is 3.36. The molecule has 1 spiro atoms. The van der Waals surface area contributed by atoms with Crippen LogP contribution in [0.1, 0.15) is 53.4 Å². The lowest BCUT2D eigenvalue weighted by Gasteiger charge is -2.53. The number of hydrogen-bond acceptors (Lipinski definition) is 11. The molecule has 0 aromatic rings. The van der Waals surface area contributed by atoms with Crippen LogP contribution in [0.4, 0.5) is 0 Å². The fraction of sp³-hybridized carbons (Fsp3) is 0.833. The number of ether oxygens (including phenoxy) is 5. The Balaban J connectivity index is 1.81. The lowest BCUT2D eigenvalue weighted by atomic mass is 9.48. The third kappa shape index (κ3) is 2.53. The number of carbonyl (C=O) groups excluding carboxylic acids is 3. The molecule has 5 rings (SSSR count). The summed E-state index contributed by atoms with van der Waals surface area (Å²) in [6.45, 7) is 5.66. The van der Waals surface area contributed by atoms with Crippen molar-refractivity contribution in [3.8, 4) is 0 Å². The Hall–Kier alpha value is -2.28. The maximum atomic E-state index is 13.9. The standard InChI is InChI=1S/C24H32O12/c1-5-6-7-12-8-10(2)33-19(30)24-21(4,14(27)15-23(24,31)11(3)17(28)34-15)22(12)16(32-9-13(25)26)18(29)35-20(22)36-24/h10-12,14-16,20,27,31H,5-9H2,1-4H3,(H,25,26)/t10?,11?,12-,14-,15?,16-,20-,21?,22?,23+,24+/m1/s1.